The van der Waals surface area contributed by atoms with Crippen molar-refractivity contribution in [3.63, 3.8) is 0 Å². The Hall–Kier alpha value is -3.60. The number of amides is 2. The number of primary amides is 1. The second-order valence-electron chi connectivity index (χ2n) is 9.29. The minimum Gasteiger partial charge on any atom is -0.396 e. The lowest BCUT2D eigenvalue weighted by atomic mass is 9.94. The fraction of sp³-hybridized carbons (Fsp3) is 0.423. The lowest BCUT2D eigenvalue weighted by molar-refractivity contribution is -0.130. The average molecular weight is 509 g/mol. The highest BCUT2D eigenvalue weighted by Gasteiger charge is 2.28. The number of carbonyl (C=O) groups excluding carboxylic acids is 2. The van der Waals surface area contributed by atoms with Gasteiger partial charge >= 0.3 is 0 Å². The van der Waals surface area contributed by atoms with Crippen LogP contribution in [0, 0.1) is 28.1 Å². The summed E-state index contributed by atoms with van der Waals surface area (Å²) in [5, 5.41) is 28.9. The first-order chi connectivity index (χ1) is 17.0. The molecule has 0 saturated carbocycles. The van der Waals surface area contributed by atoms with Crippen LogP contribution in [0.25, 0.3) is 0 Å². The fourth-order valence-corrected chi connectivity index (χ4v) is 4.81. The normalized spacial score (nSPS) is 11.8. The third-order valence-corrected chi connectivity index (χ3v) is 6.93. The number of aromatic nitrogens is 1. The van der Waals surface area contributed by atoms with Gasteiger partial charge in [-0.1, -0.05) is 62.9 Å². The zero-order valence-electron chi connectivity index (χ0n) is 21.3. The molecule has 9 nitrogen and oxygen atoms in total. The number of thioether (sulfide) groups is 1. The highest BCUT2D eigenvalue weighted by atomic mass is 32.2. The molecule has 0 bridgehead atoms. The molecule has 0 aliphatic rings. The van der Waals surface area contributed by atoms with Crippen LogP contribution in [-0.4, -0.2) is 60.6 Å². The van der Waals surface area contributed by atoms with Gasteiger partial charge in [0.25, 0.3) is 0 Å². The van der Waals surface area contributed by atoms with Crippen molar-refractivity contribution in [1.29, 1.82) is 10.5 Å². The van der Waals surface area contributed by atoms with Crippen molar-refractivity contribution in [3.8, 4) is 12.1 Å². The largest absolute Gasteiger partial charge is 0.396 e. The van der Waals surface area contributed by atoms with E-state index in [9.17, 15) is 25.2 Å². The Bertz CT molecular complexity index is 1190. The second-order valence-corrected chi connectivity index (χ2v) is 10.4. The zero-order chi connectivity index (χ0) is 27.0. The van der Waals surface area contributed by atoms with Crippen molar-refractivity contribution < 1.29 is 14.7 Å². The molecule has 2 amide bonds. The van der Waals surface area contributed by atoms with E-state index in [0.717, 1.165) is 11.8 Å². The highest BCUT2D eigenvalue weighted by Crippen LogP contribution is 2.39. The quantitative estimate of drug-likeness (QED) is 0.440. The molecule has 10 heteroatoms. The summed E-state index contributed by atoms with van der Waals surface area (Å²) in [6.07, 6.45) is 0.383. The number of benzene rings is 1. The van der Waals surface area contributed by atoms with E-state index < -0.39 is 16.6 Å². The van der Waals surface area contributed by atoms with E-state index >= 15 is 0 Å². The number of pyridine rings is 1. The number of nitriles is 2. The molecule has 2 aromatic rings. The Morgan fingerprint density at radius 1 is 1.17 bits per heavy atom. The van der Waals surface area contributed by atoms with Gasteiger partial charge in [-0.3, -0.25) is 9.59 Å². The van der Waals surface area contributed by atoms with Crippen LogP contribution < -0.4 is 10.6 Å². The summed E-state index contributed by atoms with van der Waals surface area (Å²) in [4.78, 5) is 32.9. The van der Waals surface area contributed by atoms with Gasteiger partial charge in [0.05, 0.1) is 17.7 Å². The summed E-state index contributed by atoms with van der Waals surface area (Å²) < 4.78 is 0. The zero-order valence-corrected chi connectivity index (χ0v) is 22.1. The van der Waals surface area contributed by atoms with E-state index in [1.807, 2.05) is 26.8 Å². The Morgan fingerprint density at radius 2 is 1.78 bits per heavy atom. The van der Waals surface area contributed by atoms with Gasteiger partial charge in [-0.25, -0.2) is 4.98 Å². The van der Waals surface area contributed by atoms with Crippen LogP contribution in [-0.2, 0) is 16.0 Å². The molecule has 36 heavy (non-hydrogen) atoms. The molecule has 1 atom stereocenters. The SMILES string of the molecule is CCc1c(C#N)c(SC(C(N)=O)c2ccccc2)nc(N(C)CC(=O)N(C)CC(C)(C)CO)c1C#N. The molecule has 0 fully saturated rings. The van der Waals surface area contributed by atoms with Crippen LogP contribution >= 0.6 is 11.8 Å². The van der Waals surface area contributed by atoms with E-state index in [0.29, 0.717) is 24.1 Å². The summed E-state index contributed by atoms with van der Waals surface area (Å²) in [6.45, 7) is 5.75. The van der Waals surface area contributed by atoms with Crippen LogP contribution in [0.5, 0.6) is 0 Å². The van der Waals surface area contributed by atoms with Gasteiger partial charge in [-0.05, 0) is 17.5 Å². The summed E-state index contributed by atoms with van der Waals surface area (Å²) in [6, 6.07) is 13.2. The number of hydrogen-bond donors (Lipinski definition) is 2. The molecule has 0 radical (unpaired) electrons. The minimum absolute atomic E-state index is 0.0703. The Balaban J connectivity index is 2.51. The van der Waals surface area contributed by atoms with E-state index in [2.05, 4.69) is 17.1 Å². The summed E-state index contributed by atoms with van der Waals surface area (Å²) in [5.41, 5.74) is 6.82. The molecular formula is C26H32N6O3S. The van der Waals surface area contributed by atoms with Crippen molar-refractivity contribution in [1.82, 2.24) is 9.88 Å². The fourth-order valence-electron chi connectivity index (χ4n) is 3.75. The van der Waals surface area contributed by atoms with Gasteiger partial charge in [0.2, 0.25) is 11.8 Å². The molecule has 1 aromatic carbocycles. The smallest absolute Gasteiger partial charge is 0.241 e. The minimum atomic E-state index is -0.796. The molecule has 0 aliphatic carbocycles. The number of nitrogens with zero attached hydrogens (tertiary/aromatic N) is 5. The van der Waals surface area contributed by atoms with Gasteiger partial charge in [-0.2, -0.15) is 10.5 Å². The molecule has 1 heterocycles. The maximum Gasteiger partial charge on any atom is 0.241 e. The lowest BCUT2D eigenvalue weighted by Crippen LogP contribution is -2.42. The van der Waals surface area contributed by atoms with Crippen molar-refractivity contribution in [2.24, 2.45) is 11.1 Å². The Labute approximate surface area is 216 Å². The molecule has 190 valence electrons. The van der Waals surface area contributed by atoms with E-state index in [4.69, 9.17) is 5.73 Å². The summed E-state index contributed by atoms with van der Waals surface area (Å²) >= 11 is 1.05. The maximum absolute atomic E-state index is 12.9. The molecule has 0 aliphatic heterocycles. The predicted molar refractivity (Wildman–Crippen MR) is 139 cm³/mol. The Kier molecular flexibility index (Phi) is 9.85. The number of nitrogens with two attached hydrogens (primary N) is 1. The number of rotatable bonds is 11. The van der Waals surface area contributed by atoms with Crippen LogP contribution in [0.3, 0.4) is 0 Å². The number of likely N-dealkylation sites (N-methyl/N-ethyl adjacent to an activating group) is 2. The second kappa shape index (κ2) is 12.4. The van der Waals surface area contributed by atoms with Crippen LogP contribution in [0.15, 0.2) is 35.4 Å². The summed E-state index contributed by atoms with van der Waals surface area (Å²) in [7, 11) is 3.30. The monoisotopic (exact) mass is 508 g/mol. The average Bonchev–Trinajstić information content (AvgIpc) is 2.85. The van der Waals surface area contributed by atoms with Crippen LogP contribution in [0.2, 0.25) is 0 Å². The first-order valence-electron chi connectivity index (χ1n) is 11.4. The highest BCUT2D eigenvalue weighted by molar-refractivity contribution is 8.00. The number of aliphatic hydroxyl groups is 1. The van der Waals surface area contributed by atoms with Crippen molar-refractivity contribution >= 4 is 29.4 Å². The molecule has 3 N–H and O–H groups in total. The topological polar surface area (TPSA) is 147 Å². The molecule has 2 rings (SSSR count). The van der Waals surface area contributed by atoms with Gasteiger partial charge in [0.15, 0.2) is 0 Å². The summed E-state index contributed by atoms with van der Waals surface area (Å²) in [5.74, 6) is -0.562. The third-order valence-electron chi connectivity index (χ3n) is 5.67. The number of aliphatic hydroxyl groups excluding tert-OH is 1. The molecule has 0 spiro atoms. The maximum atomic E-state index is 12.9. The number of hydrogen-bond acceptors (Lipinski definition) is 8. The third kappa shape index (κ3) is 6.75. The van der Waals surface area contributed by atoms with Crippen LogP contribution in [0.1, 0.15) is 48.3 Å². The van der Waals surface area contributed by atoms with E-state index in [1.165, 1.54) is 4.90 Å². The molecule has 0 saturated heterocycles. The Morgan fingerprint density at radius 3 is 2.28 bits per heavy atom. The lowest BCUT2D eigenvalue weighted by Gasteiger charge is -2.30. The number of anilines is 1. The van der Waals surface area contributed by atoms with Gasteiger partial charge < -0.3 is 20.6 Å². The molecular weight excluding hydrogens is 476 g/mol. The van der Waals surface area contributed by atoms with Crippen molar-refractivity contribution in [2.45, 2.75) is 37.5 Å². The van der Waals surface area contributed by atoms with Crippen molar-refractivity contribution in [3.05, 3.63) is 52.6 Å². The van der Waals surface area contributed by atoms with Gasteiger partial charge in [-0.15, -0.1) is 0 Å². The van der Waals surface area contributed by atoms with Crippen molar-refractivity contribution in [2.75, 3.05) is 38.7 Å². The van der Waals surface area contributed by atoms with E-state index in [-0.39, 0.29) is 41.0 Å². The van der Waals surface area contributed by atoms with Crippen LogP contribution in [0.4, 0.5) is 5.82 Å². The van der Waals surface area contributed by atoms with E-state index in [1.54, 1.807) is 43.3 Å². The standard InChI is InChI=1S/C26H32N6O3S/c1-6-18-19(12-27)24(31(4)14-21(34)32(5)15-26(2,3)16-33)30-25(20(18)13-28)36-22(23(29)35)17-10-8-7-9-11-17/h7-11,22,33H,6,14-16H2,1-5H3,(H2,29,35). The first-order valence-corrected chi connectivity index (χ1v) is 12.3. The molecule has 1 unspecified atom stereocenters. The predicted octanol–water partition coefficient (Wildman–Crippen LogP) is 2.62. The first kappa shape index (κ1) is 28.6. The number of carbonyl (C=O) groups is 2. The van der Waals surface area contributed by atoms with Gasteiger partial charge in [0.1, 0.15) is 28.2 Å². The van der Waals surface area contributed by atoms with Gasteiger partial charge in [0, 0.05) is 32.7 Å². The molecule has 1 aromatic heterocycles.